The molecule has 0 unspecified atom stereocenters. The smallest absolute Gasteiger partial charge is 0.0548 e. The van der Waals surface area contributed by atoms with Gasteiger partial charge in [0, 0.05) is 7.05 Å². The molecule has 0 heterocycles. The molecule has 0 aliphatic rings. The molecule has 2 N–H and O–H groups in total. The van der Waals surface area contributed by atoms with E-state index in [9.17, 15) is 0 Å². The summed E-state index contributed by atoms with van der Waals surface area (Å²) in [5.74, 6) is 6.21. The molecule has 0 aliphatic heterocycles. The fraction of sp³-hybridized carbons (Fsp3) is 0.400. The number of nitrogens with zero attached hydrogens (tertiary/aromatic N) is 1. The van der Waals surface area contributed by atoms with Crippen molar-refractivity contribution in [3.63, 3.8) is 0 Å². The standard InChI is InChI=1S/C10H16N2/c1-8(2)9-6-4-5-7-10(9)12(3)11/h4-8H,11H2,1-3H3. The molecule has 66 valence electrons. The summed E-state index contributed by atoms with van der Waals surface area (Å²) < 4.78 is 0. The highest BCUT2D eigenvalue weighted by Crippen LogP contribution is 2.24. The van der Waals surface area contributed by atoms with Gasteiger partial charge in [-0.15, -0.1) is 0 Å². The summed E-state index contributed by atoms with van der Waals surface area (Å²) in [5.41, 5.74) is 2.40. The SMILES string of the molecule is CC(C)c1ccccc1N(C)N. The summed E-state index contributed by atoms with van der Waals surface area (Å²) >= 11 is 0. The number of benzene rings is 1. The third-order valence-electron chi connectivity index (χ3n) is 1.94. The Kier molecular flexibility index (Phi) is 2.71. The topological polar surface area (TPSA) is 29.3 Å². The van der Waals surface area contributed by atoms with Crippen LogP contribution in [0.15, 0.2) is 24.3 Å². The molecule has 0 bridgehead atoms. The van der Waals surface area contributed by atoms with Crippen LogP contribution in [0, 0.1) is 0 Å². The normalized spacial score (nSPS) is 10.4. The Morgan fingerprint density at radius 1 is 1.25 bits per heavy atom. The summed E-state index contributed by atoms with van der Waals surface area (Å²) in [7, 11) is 1.86. The van der Waals surface area contributed by atoms with Gasteiger partial charge in [0.05, 0.1) is 5.69 Å². The Bertz CT molecular complexity index is 227. The number of hydrogen-bond acceptors (Lipinski definition) is 2. The van der Waals surface area contributed by atoms with Gasteiger partial charge in [0.2, 0.25) is 0 Å². The zero-order chi connectivity index (χ0) is 9.14. The maximum atomic E-state index is 5.69. The molecule has 1 aromatic rings. The number of para-hydroxylation sites is 1. The average molecular weight is 164 g/mol. The number of hydrogen-bond donors (Lipinski definition) is 1. The molecule has 0 aliphatic carbocycles. The molecule has 2 heteroatoms. The van der Waals surface area contributed by atoms with Crippen molar-refractivity contribution in [3.05, 3.63) is 29.8 Å². The van der Waals surface area contributed by atoms with E-state index in [1.807, 2.05) is 25.2 Å². The highest BCUT2D eigenvalue weighted by atomic mass is 15.4. The maximum Gasteiger partial charge on any atom is 0.0548 e. The third-order valence-corrected chi connectivity index (χ3v) is 1.94. The van der Waals surface area contributed by atoms with Crippen molar-refractivity contribution in [2.75, 3.05) is 12.1 Å². The molecule has 0 atom stereocenters. The molecular weight excluding hydrogens is 148 g/mol. The molecule has 0 radical (unpaired) electrons. The maximum absolute atomic E-state index is 5.69. The quantitative estimate of drug-likeness (QED) is 0.536. The van der Waals surface area contributed by atoms with Crippen molar-refractivity contribution in [1.29, 1.82) is 0 Å². The van der Waals surface area contributed by atoms with Crippen molar-refractivity contribution in [3.8, 4) is 0 Å². The minimum atomic E-state index is 0.521. The molecule has 12 heavy (non-hydrogen) atoms. The minimum absolute atomic E-state index is 0.521. The Labute approximate surface area is 74.0 Å². The molecule has 1 rings (SSSR count). The number of rotatable bonds is 2. The summed E-state index contributed by atoms with van der Waals surface area (Å²) in [6, 6.07) is 8.20. The van der Waals surface area contributed by atoms with Crippen LogP contribution in [0.5, 0.6) is 0 Å². The first-order valence-corrected chi connectivity index (χ1v) is 4.20. The van der Waals surface area contributed by atoms with E-state index in [0.29, 0.717) is 5.92 Å². The predicted molar refractivity (Wildman–Crippen MR) is 53.1 cm³/mol. The number of hydrazine groups is 1. The Hall–Kier alpha value is -1.02. The highest BCUT2D eigenvalue weighted by Gasteiger charge is 2.06. The molecule has 2 nitrogen and oxygen atoms in total. The van der Waals surface area contributed by atoms with Gasteiger partial charge in [-0.1, -0.05) is 32.0 Å². The first-order valence-electron chi connectivity index (χ1n) is 4.20. The Balaban J connectivity index is 3.09. The molecule has 0 spiro atoms. The van der Waals surface area contributed by atoms with Crippen LogP contribution in [0.4, 0.5) is 5.69 Å². The van der Waals surface area contributed by atoms with Crippen LogP contribution in [0.1, 0.15) is 25.3 Å². The van der Waals surface area contributed by atoms with E-state index in [1.165, 1.54) is 5.56 Å². The van der Waals surface area contributed by atoms with Gasteiger partial charge in [-0.25, -0.2) is 5.84 Å². The van der Waals surface area contributed by atoms with Gasteiger partial charge in [-0.05, 0) is 17.5 Å². The van der Waals surface area contributed by atoms with E-state index in [4.69, 9.17) is 5.84 Å². The molecule has 0 amide bonds. The third kappa shape index (κ3) is 1.77. The van der Waals surface area contributed by atoms with Gasteiger partial charge >= 0.3 is 0 Å². The summed E-state index contributed by atoms with van der Waals surface area (Å²) in [6.07, 6.45) is 0. The average Bonchev–Trinajstić information content (AvgIpc) is 2.04. The second kappa shape index (κ2) is 3.59. The number of anilines is 1. The van der Waals surface area contributed by atoms with Gasteiger partial charge in [0.1, 0.15) is 0 Å². The summed E-state index contributed by atoms with van der Waals surface area (Å²) in [4.78, 5) is 0. The second-order valence-electron chi connectivity index (χ2n) is 3.32. The fourth-order valence-electron chi connectivity index (χ4n) is 1.30. The lowest BCUT2D eigenvalue weighted by Gasteiger charge is -2.18. The van der Waals surface area contributed by atoms with Crippen LogP contribution < -0.4 is 10.9 Å². The van der Waals surface area contributed by atoms with Crippen molar-refractivity contribution in [1.82, 2.24) is 0 Å². The molecule has 0 saturated heterocycles. The van der Waals surface area contributed by atoms with Crippen molar-refractivity contribution in [2.24, 2.45) is 5.84 Å². The van der Waals surface area contributed by atoms with E-state index in [-0.39, 0.29) is 0 Å². The van der Waals surface area contributed by atoms with E-state index in [1.54, 1.807) is 5.01 Å². The molecule has 0 aromatic heterocycles. The Morgan fingerprint density at radius 3 is 2.25 bits per heavy atom. The van der Waals surface area contributed by atoms with Crippen LogP contribution in [0.25, 0.3) is 0 Å². The highest BCUT2D eigenvalue weighted by molar-refractivity contribution is 5.53. The molecular formula is C10H16N2. The largest absolute Gasteiger partial charge is 0.314 e. The summed E-state index contributed by atoms with van der Waals surface area (Å²) in [6.45, 7) is 4.34. The number of nitrogens with two attached hydrogens (primary N) is 1. The van der Waals surface area contributed by atoms with Crippen LogP contribution in [0.2, 0.25) is 0 Å². The first-order chi connectivity index (χ1) is 5.63. The zero-order valence-corrected chi connectivity index (χ0v) is 7.91. The van der Waals surface area contributed by atoms with E-state index in [0.717, 1.165) is 5.69 Å². The summed E-state index contributed by atoms with van der Waals surface area (Å²) in [5, 5.41) is 1.66. The van der Waals surface area contributed by atoms with Gasteiger partial charge in [0.25, 0.3) is 0 Å². The Morgan fingerprint density at radius 2 is 1.83 bits per heavy atom. The van der Waals surface area contributed by atoms with Gasteiger partial charge in [-0.2, -0.15) is 0 Å². The van der Waals surface area contributed by atoms with Crippen LogP contribution >= 0.6 is 0 Å². The van der Waals surface area contributed by atoms with Crippen LogP contribution in [-0.2, 0) is 0 Å². The second-order valence-corrected chi connectivity index (χ2v) is 3.32. The van der Waals surface area contributed by atoms with E-state index in [2.05, 4.69) is 19.9 Å². The van der Waals surface area contributed by atoms with E-state index < -0.39 is 0 Å². The monoisotopic (exact) mass is 164 g/mol. The lowest BCUT2D eigenvalue weighted by atomic mass is 10.0. The first kappa shape index (κ1) is 9.07. The van der Waals surface area contributed by atoms with Gasteiger partial charge < -0.3 is 5.01 Å². The molecule has 1 aromatic carbocycles. The van der Waals surface area contributed by atoms with Crippen molar-refractivity contribution < 1.29 is 0 Å². The van der Waals surface area contributed by atoms with Gasteiger partial charge in [0.15, 0.2) is 0 Å². The van der Waals surface area contributed by atoms with Crippen molar-refractivity contribution >= 4 is 5.69 Å². The lowest BCUT2D eigenvalue weighted by molar-refractivity contribution is 0.851. The van der Waals surface area contributed by atoms with E-state index >= 15 is 0 Å². The molecule has 0 fully saturated rings. The minimum Gasteiger partial charge on any atom is -0.314 e. The van der Waals surface area contributed by atoms with Crippen LogP contribution in [0.3, 0.4) is 0 Å². The van der Waals surface area contributed by atoms with Gasteiger partial charge in [-0.3, -0.25) is 0 Å². The molecule has 0 saturated carbocycles. The van der Waals surface area contributed by atoms with Crippen molar-refractivity contribution in [2.45, 2.75) is 19.8 Å². The predicted octanol–water partition coefficient (Wildman–Crippen LogP) is 2.12. The fourth-order valence-corrected chi connectivity index (χ4v) is 1.30. The lowest BCUT2D eigenvalue weighted by Crippen LogP contribution is -2.26. The van der Waals surface area contributed by atoms with Crippen LogP contribution in [-0.4, -0.2) is 7.05 Å². The zero-order valence-electron chi connectivity index (χ0n) is 7.91.